The molecule has 2 aliphatic heterocycles. The van der Waals surface area contributed by atoms with Gasteiger partial charge in [-0.1, -0.05) is 6.92 Å². The van der Waals surface area contributed by atoms with Crippen molar-refractivity contribution >= 4 is 17.5 Å². The highest BCUT2D eigenvalue weighted by molar-refractivity contribution is 6.24. The monoisotopic (exact) mass is 398 g/mol. The van der Waals surface area contributed by atoms with Gasteiger partial charge in [0.05, 0.1) is 31.5 Å². The zero-order valence-corrected chi connectivity index (χ0v) is 16.9. The molecule has 8 heteroatoms. The molecular formula is C21H26N4O4. The number of methoxy groups -OCH3 is 2. The van der Waals surface area contributed by atoms with E-state index in [2.05, 4.69) is 15.4 Å². The van der Waals surface area contributed by atoms with Gasteiger partial charge in [-0.2, -0.15) is 5.10 Å². The lowest BCUT2D eigenvalue weighted by molar-refractivity contribution is -0.116. The first-order valence-corrected chi connectivity index (χ1v) is 9.87. The number of hydrogen-bond donors (Lipinski definition) is 2. The van der Waals surface area contributed by atoms with Crippen molar-refractivity contribution < 1.29 is 19.1 Å². The highest BCUT2D eigenvalue weighted by atomic mass is 16.5. The van der Waals surface area contributed by atoms with E-state index in [0.29, 0.717) is 29.2 Å². The zero-order valence-electron chi connectivity index (χ0n) is 16.9. The molecule has 0 saturated carbocycles. The average Bonchev–Trinajstić information content (AvgIpc) is 2.72. The highest BCUT2D eigenvalue weighted by Gasteiger charge is 2.44. The quantitative estimate of drug-likeness (QED) is 0.760. The smallest absolute Gasteiger partial charge is 0.332 e. The van der Waals surface area contributed by atoms with Gasteiger partial charge in [-0.05, 0) is 42.5 Å². The second-order valence-corrected chi connectivity index (χ2v) is 7.65. The Morgan fingerprint density at radius 2 is 1.93 bits per heavy atom. The van der Waals surface area contributed by atoms with Gasteiger partial charge in [-0.25, -0.2) is 10.2 Å². The van der Waals surface area contributed by atoms with Crippen LogP contribution in [0.3, 0.4) is 0 Å². The molecule has 1 aromatic carbocycles. The molecule has 2 heterocycles. The molecule has 0 spiro atoms. The summed E-state index contributed by atoms with van der Waals surface area (Å²) < 4.78 is 11.0. The first kappa shape index (κ1) is 19.3. The minimum absolute atomic E-state index is 0.00312. The van der Waals surface area contributed by atoms with Crippen molar-refractivity contribution in [2.75, 3.05) is 20.8 Å². The maximum atomic E-state index is 12.8. The van der Waals surface area contributed by atoms with Crippen molar-refractivity contribution in [2.24, 2.45) is 16.8 Å². The van der Waals surface area contributed by atoms with Crippen LogP contribution in [0, 0.1) is 5.92 Å². The van der Waals surface area contributed by atoms with Gasteiger partial charge in [0.1, 0.15) is 0 Å². The van der Waals surface area contributed by atoms with Crippen molar-refractivity contribution in [2.45, 2.75) is 38.6 Å². The molecule has 0 saturated heterocycles. The van der Waals surface area contributed by atoms with Crippen LogP contribution in [0.1, 0.15) is 43.4 Å². The largest absolute Gasteiger partial charge is 0.493 e. The Labute approximate surface area is 169 Å². The molecule has 0 radical (unpaired) electrons. The fourth-order valence-electron chi connectivity index (χ4n) is 4.87. The molecule has 3 aliphatic rings. The minimum Gasteiger partial charge on any atom is -0.493 e. The van der Waals surface area contributed by atoms with E-state index in [9.17, 15) is 9.59 Å². The van der Waals surface area contributed by atoms with Crippen LogP contribution in [0.25, 0.3) is 0 Å². The van der Waals surface area contributed by atoms with Gasteiger partial charge in [-0.3, -0.25) is 4.79 Å². The molecule has 2 amide bonds. The molecular weight excluding hydrogens is 372 g/mol. The first-order chi connectivity index (χ1) is 14.0. The molecule has 29 heavy (non-hydrogen) atoms. The van der Waals surface area contributed by atoms with Gasteiger partial charge in [0.15, 0.2) is 17.3 Å². The summed E-state index contributed by atoms with van der Waals surface area (Å²) in [6.07, 6.45) is 3.00. The number of urea groups is 1. The van der Waals surface area contributed by atoms with E-state index < -0.39 is 6.03 Å². The number of carbonyl (C=O) groups is 2. The van der Waals surface area contributed by atoms with Crippen LogP contribution >= 0.6 is 0 Å². The number of amides is 2. The van der Waals surface area contributed by atoms with Crippen molar-refractivity contribution in [3.8, 4) is 11.5 Å². The van der Waals surface area contributed by atoms with Gasteiger partial charge < -0.3 is 20.1 Å². The van der Waals surface area contributed by atoms with Crippen LogP contribution < -0.4 is 20.6 Å². The number of hydrazone groups is 1. The second kappa shape index (κ2) is 7.42. The number of nitrogens with two attached hydrogens (primary N) is 1. The SMILES string of the molecule is COc1cc2c(cc1OC)[C@@H]1[C@@H](C)/C(=N/NC(N)=O)C3=C(CCCC3=O)N1CC2. The van der Waals surface area contributed by atoms with E-state index in [1.807, 2.05) is 19.1 Å². The average molecular weight is 398 g/mol. The summed E-state index contributed by atoms with van der Waals surface area (Å²) in [5.41, 5.74) is 12.2. The standard InChI is InChI=1S/C21H26N4O4/c1-11-19(23-24-21(22)27)18-14(5-4-6-15(18)26)25-8-7-12-9-16(28-2)17(29-3)10-13(12)20(11)25/h9-11,20H,4-8H2,1-3H3,(H3,22,24,27)/b23-19-/t11-,20-/m0/s1. The van der Waals surface area contributed by atoms with E-state index in [1.54, 1.807) is 14.2 Å². The summed E-state index contributed by atoms with van der Waals surface area (Å²) in [7, 11) is 3.26. The minimum atomic E-state index is -0.743. The number of benzene rings is 1. The summed E-state index contributed by atoms with van der Waals surface area (Å²) in [6, 6.07) is 3.31. The van der Waals surface area contributed by atoms with Crippen molar-refractivity contribution in [1.29, 1.82) is 0 Å². The predicted molar refractivity (Wildman–Crippen MR) is 108 cm³/mol. The normalized spacial score (nSPS) is 24.6. The fraction of sp³-hybridized carbons (Fsp3) is 0.476. The third-order valence-corrected chi connectivity index (χ3v) is 6.10. The van der Waals surface area contributed by atoms with Crippen molar-refractivity contribution in [3.63, 3.8) is 0 Å². The fourth-order valence-corrected chi connectivity index (χ4v) is 4.87. The molecule has 8 nitrogen and oxygen atoms in total. The number of fused-ring (bicyclic) bond motifs is 4. The molecule has 4 rings (SSSR count). The number of hydrogen-bond acceptors (Lipinski definition) is 6. The number of ether oxygens (including phenoxy) is 2. The van der Waals surface area contributed by atoms with E-state index in [4.69, 9.17) is 15.2 Å². The Bertz CT molecular complexity index is 937. The van der Waals surface area contributed by atoms with Gasteiger partial charge >= 0.3 is 6.03 Å². The van der Waals surface area contributed by atoms with Gasteiger partial charge in [0.2, 0.25) is 0 Å². The number of rotatable bonds is 3. The second-order valence-electron chi connectivity index (χ2n) is 7.65. The number of nitrogens with zero attached hydrogens (tertiary/aromatic N) is 2. The third kappa shape index (κ3) is 3.12. The summed E-state index contributed by atoms with van der Waals surface area (Å²) >= 11 is 0. The molecule has 3 N–H and O–H groups in total. The Kier molecular flexibility index (Phi) is 4.94. The summed E-state index contributed by atoms with van der Waals surface area (Å²) in [5, 5.41) is 4.27. The number of allylic oxidation sites excluding steroid dienone is 2. The van der Waals surface area contributed by atoms with E-state index in [1.165, 1.54) is 5.56 Å². The third-order valence-electron chi connectivity index (χ3n) is 6.10. The van der Waals surface area contributed by atoms with E-state index >= 15 is 0 Å². The van der Waals surface area contributed by atoms with Crippen LogP contribution in [0.5, 0.6) is 11.5 Å². The number of Topliss-reactive ketones (excluding diaryl/α,β-unsaturated/α-hetero) is 1. The molecule has 1 aliphatic carbocycles. The highest BCUT2D eigenvalue weighted by Crippen LogP contribution is 2.48. The molecule has 0 fully saturated rings. The Morgan fingerprint density at radius 1 is 1.21 bits per heavy atom. The molecule has 1 aromatic rings. The van der Waals surface area contributed by atoms with Gasteiger partial charge in [0.25, 0.3) is 0 Å². The first-order valence-electron chi connectivity index (χ1n) is 9.87. The van der Waals surface area contributed by atoms with Crippen molar-refractivity contribution in [3.05, 3.63) is 34.5 Å². The predicted octanol–water partition coefficient (Wildman–Crippen LogP) is 2.28. The number of nitrogens with one attached hydrogen (secondary N) is 1. The van der Waals surface area contributed by atoms with E-state index in [0.717, 1.165) is 37.1 Å². The van der Waals surface area contributed by atoms with Crippen LogP contribution in [0.15, 0.2) is 28.5 Å². The molecule has 0 aromatic heterocycles. The van der Waals surface area contributed by atoms with Gasteiger partial charge in [0, 0.05) is 24.6 Å². The molecule has 0 unspecified atom stereocenters. The van der Waals surface area contributed by atoms with Crippen molar-refractivity contribution in [1.82, 2.24) is 10.3 Å². The van der Waals surface area contributed by atoms with Gasteiger partial charge in [-0.15, -0.1) is 0 Å². The Balaban J connectivity index is 1.88. The summed E-state index contributed by atoms with van der Waals surface area (Å²) in [5.74, 6) is 1.35. The molecule has 0 bridgehead atoms. The van der Waals surface area contributed by atoms with E-state index in [-0.39, 0.29) is 17.7 Å². The Morgan fingerprint density at radius 3 is 2.62 bits per heavy atom. The van der Waals surface area contributed by atoms with Crippen LogP contribution in [-0.2, 0) is 11.2 Å². The molecule has 2 atom stereocenters. The number of primary amides is 1. The topological polar surface area (TPSA) is 106 Å². The number of ketones is 1. The molecule has 154 valence electrons. The lowest BCUT2D eigenvalue weighted by Crippen LogP contribution is -2.48. The Hall–Kier alpha value is -3.03. The maximum Gasteiger partial charge on any atom is 0.332 e. The van der Waals surface area contributed by atoms with Crippen LogP contribution in [-0.4, -0.2) is 43.2 Å². The van der Waals surface area contributed by atoms with Crippen LogP contribution in [0.2, 0.25) is 0 Å². The lowest BCUT2D eigenvalue weighted by atomic mass is 9.74. The lowest BCUT2D eigenvalue weighted by Gasteiger charge is -2.48. The van der Waals surface area contributed by atoms with Crippen LogP contribution in [0.4, 0.5) is 4.79 Å². The summed E-state index contributed by atoms with van der Waals surface area (Å²) in [4.78, 5) is 26.4. The number of carbonyl (C=O) groups excluding carboxylic acids is 2. The maximum absolute atomic E-state index is 12.8. The zero-order chi connectivity index (χ0) is 20.7. The summed E-state index contributed by atoms with van der Waals surface area (Å²) in [6.45, 7) is 2.86.